The van der Waals surface area contributed by atoms with Crippen LogP contribution in [0.15, 0.2) is 11.9 Å². The van der Waals surface area contributed by atoms with Crippen molar-refractivity contribution in [2.24, 2.45) is 0 Å². The zero-order valence-corrected chi connectivity index (χ0v) is 8.99. The summed E-state index contributed by atoms with van der Waals surface area (Å²) in [7, 11) is 3.64. The highest BCUT2D eigenvalue weighted by Crippen LogP contribution is 2.22. The van der Waals surface area contributed by atoms with Gasteiger partial charge in [-0.3, -0.25) is 9.59 Å². The van der Waals surface area contributed by atoms with Crippen LogP contribution < -0.4 is 5.32 Å². The van der Waals surface area contributed by atoms with Gasteiger partial charge in [-0.2, -0.15) is 0 Å². The number of amides is 2. The molecule has 0 spiro atoms. The zero-order valence-electron chi connectivity index (χ0n) is 8.99. The first-order chi connectivity index (χ1) is 7.09. The van der Waals surface area contributed by atoms with Crippen LogP contribution in [-0.2, 0) is 9.59 Å². The molecule has 2 heterocycles. The SMILES string of the molecule is CN(C)/C=C1/NC(=O)[C@H]2CCCN2C1=O. The van der Waals surface area contributed by atoms with Crippen LogP contribution in [0, 0.1) is 0 Å². The van der Waals surface area contributed by atoms with Gasteiger partial charge in [0, 0.05) is 26.8 Å². The van der Waals surface area contributed by atoms with Gasteiger partial charge in [-0.1, -0.05) is 0 Å². The average molecular weight is 209 g/mol. The minimum atomic E-state index is -0.239. The topological polar surface area (TPSA) is 52.7 Å². The van der Waals surface area contributed by atoms with Gasteiger partial charge >= 0.3 is 0 Å². The van der Waals surface area contributed by atoms with Crippen LogP contribution in [0.2, 0.25) is 0 Å². The first kappa shape index (κ1) is 10.0. The Balaban J connectivity index is 2.24. The molecule has 2 fully saturated rings. The molecule has 1 atom stereocenters. The van der Waals surface area contributed by atoms with Crippen molar-refractivity contribution in [3.63, 3.8) is 0 Å². The van der Waals surface area contributed by atoms with E-state index < -0.39 is 0 Å². The molecule has 2 saturated heterocycles. The third kappa shape index (κ3) is 1.69. The van der Waals surface area contributed by atoms with Crippen LogP contribution in [-0.4, -0.2) is 48.3 Å². The van der Waals surface area contributed by atoms with Crippen LogP contribution >= 0.6 is 0 Å². The van der Waals surface area contributed by atoms with E-state index in [2.05, 4.69) is 5.32 Å². The molecule has 0 saturated carbocycles. The second-order valence-corrected chi connectivity index (χ2v) is 4.15. The van der Waals surface area contributed by atoms with Crippen molar-refractivity contribution in [3.8, 4) is 0 Å². The number of hydrogen-bond donors (Lipinski definition) is 1. The van der Waals surface area contributed by atoms with Crippen molar-refractivity contribution in [2.75, 3.05) is 20.6 Å². The summed E-state index contributed by atoms with van der Waals surface area (Å²) < 4.78 is 0. The van der Waals surface area contributed by atoms with Gasteiger partial charge in [-0.25, -0.2) is 0 Å². The molecule has 82 valence electrons. The lowest BCUT2D eigenvalue weighted by Crippen LogP contribution is -2.54. The number of fused-ring (bicyclic) bond motifs is 1. The number of carbonyl (C=O) groups is 2. The fourth-order valence-corrected chi connectivity index (χ4v) is 2.05. The molecule has 5 nitrogen and oxygen atoms in total. The molecule has 2 rings (SSSR count). The fourth-order valence-electron chi connectivity index (χ4n) is 2.05. The molecular weight excluding hydrogens is 194 g/mol. The number of hydrogen-bond acceptors (Lipinski definition) is 3. The Morgan fingerprint density at radius 2 is 2.20 bits per heavy atom. The zero-order chi connectivity index (χ0) is 11.0. The Bertz CT molecular complexity index is 336. The minimum Gasteiger partial charge on any atom is -0.382 e. The maximum absolute atomic E-state index is 11.9. The van der Waals surface area contributed by atoms with Gasteiger partial charge in [0.15, 0.2) is 0 Å². The van der Waals surface area contributed by atoms with E-state index in [1.54, 1.807) is 16.0 Å². The summed E-state index contributed by atoms with van der Waals surface area (Å²) in [5.41, 5.74) is 0.378. The quantitative estimate of drug-likeness (QED) is 0.593. The van der Waals surface area contributed by atoms with E-state index in [1.807, 2.05) is 14.1 Å². The highest BCUT2D eigenvalue weighted by molar-refractivity contribution is 6.04. The maximum Gasteiger partial charge on any atom is 0.272 e. The third-order valence-corrected chi connectivity index (χ3v) is 2.69. The van der Waals surface area contributed by atoms with E-state index >= 15 is 0 Å². The molecule has 5 heteroatoms. The summed E-state index contributed by atoms with van der Waals surface area (Å²) >= 11 is 0. The van der Waals surface area contributed by atoms with Crippen molar-refractivity contribution in [1.29, 1.82) is 0 Å². The Hall–Kier alpha value is -1.52. The van der Waals surface area contributed by atoms with Crippen LogP contribution in [0.3, 0.4) is 0 Å². The van der Waals surface area contributed by atoms with Gasteiger partial charge in [-0.05, 0) is 12.8 Å². The van der Waals surface area contributed by atoms with E-state index in [0.29, 0.717) is 12.2 Å². The molecule has 0 radical (unpaired) electrons. The minimum absolute atomic E-state index is 0.0554. The van der Waals surface area contributed by atoms with Crippen LogP contribution in [0.25, 0.3) is 0 Å². The van der Waals surface area contributed by atoms with Gasteiger partial charge in [0.2, 0.25) is 5.91 Å². The summed E-state index contributed by atoms with van der Waals surface area (Å²) in [4.78, 5) is 27.0. The number of piperazine rings is 1. The van der Waals surface area contributed by atoms with E-state index in [1.165, 1.54) is 0 Å². The first-order valence-corrected chi connectivity index (χ1v) is 5.09. The highest BCUT2D eigenvalue weighted by atomic mass is 16.2. The molecule has 0 aromatic carbocycles. The van der Waals surface area contributed by atoms with Crippen molar-refractivity contribution in [2.45, 2.75) is 18.9 Å². The lowest BCUT2D eigenvalue weighted by molar-refractivity contribution is -0.140. The van der Waals surface area contributed by atoms with Gasteiger partial charge in [-0.15, -0.1) is 0 Å². The predicted molar refractivity (Wildman–Crippen MR) is 54.6 cm³/mol. The van der Waals surface area contributed by atoms with Crippen molar-refractivity contribution in [3.05, 3.63) is 11.9 Å². The van der Waals surface area contributed by atoms with Crippen molar-refractivity contribution >= 4 is 11.8 Å². The summed E-state index contributed by atoms with van der Waals surface area (Å²) in [5, 5.41) is 2.66. The summed E-state index contributed by atoms with van der Waals surface area (Å²) in [5.74, 6) is -0.119. The molecular formula is C10H15N3O2. The van der Waals surface area contributed by atoms with Crippen LogP contribution in [0.4, 0.5) is 0 Å². The number of carbonyl (C=O) groups excluding carboxylic acids is 2. The van der Waals surface area contributed by atoms with Gasteiger partial charge < -0.3 is 15.1 Å². The highest BCUT2D eigenvalue weighted by Gasteiger charge is 2.40. The van der Waals surface area contributed by atoms with Crippen molar-refractivity contribution < 1.29 is 9.59 Å². The van der Waals surface area contributed by atoms with E-state index in [9.17, 15) is 9.59 Å². The second kappa shape index (κ2) is 3.56. The van der Waals surface area contributed by atoms with Crippen molar-refractivity contribution in [1.82, 2.24) is 15.1 Å². The Morgan fingerprint density at radius 1 is 1.47 bits per heavy atom. The molecule has 0 unspecified atom stereocenters. The monoisotopic (exact) mass is 209 g/mol. The number of nitrogens with one attached hydrogen (secondary N) is 1. The molecule has 2 aliphatic rings. The second-order valence-electron chi connectivity index (χ2n) is 4.15. The molecule has 2 aliphatic heterocycles. The normalized spacial score (nSPS) is 28.0. The van der Waals surface area contributed by atoms with E-state index in [0.717, 1.165) is 12.8 Å². The summed E-state index contributed by atoms with van der Waals surface area (Å²) in [6.07, 6.45) is 3.35. The summed E-state index contributed by atoms with van der Waals surface area (Å²) in [6, 6.07) is -0.239. The fraction of sp³-hybridized carbons (Fsp3) is 0.600. The van der Waals surface area contributed by atoms with Crippen LogP contribution in [0.5, 0.6) is 0 Å². The largest absolute Gasteiger partial charge is 0.382 e. The first-order valence-electron chi connectivity index (χ1n) is 5.09. The Kier molecular flexibility index (Phi) is 2.38. The lowest BCUT2D eigenvalue weighted by Gasteiger charge is -2.30. The smallest absolute Gasteiger partial charge is 0.272 e. The molecule has 0 bridgehead atoms. The number of rotatable bonds is 1. The number of nitrogens with zero attached hydrogens (tertiary/aromatic N) is 2. The van der Waals surface area contributed by atoms with E-state index in [4.69, 9.17) is 0 Å². The molecule has 2 amide bonds. The lowest BCUT2D eigenvalue weighted by atomic mass is 10.1. The standard InChI is InChI=1S/C10H15N3O2/c1-12(2)6-7-10(15)13-5-3-4-8(13)9(14)11-7/h6,8H,3-5H2,1-2H3,(H,11,14)/b7-6+/t8-/m1/s1. The molecule has 1 N–H and O–H groups in total. The van der Waals surface area contributed by atoms with Gasteiger partial charge in [0.1, 0.15) is 11.7 Å². The maximum atomic E-state index is 11.9. The van der Waals surface area contributed by atoms with Gasteiger partial charge in [0.25, 0.3) is 5.91 Å². The molecule has 15 heavy (non-hydrogen) atoms. The Morgan fingerprint density at radius 3 is 2.87 bits per heavy atom. The van der Waals surface area contributed by atoms with E-state index in [-0.39, 0.29) is 17.9 Å². The predicted octanol–water partition coefficient (Wildman–Crippen LogP) is -0.490. The molecule has 0 aromatic heterocycles. The molecule has 0 aromatic rings. The summed E-state index contributed by atoms with van der Waals surface area (Å²) in [6.45, 7) is 0.696. The average Bonchev–Trinajstić information content (AvgIpc) is 2.61. The van der Waals surface area contributed by atoms with Crippen LogP contribution in [0.1, 0.15) is 12.8 Å². The molecule has 0 aliphatic carbocycles. The van der Waals surface area contributed by atoms with Gasteiger partial charge in [0.05, 0.1) is 0 Å². The Labute approximate surface area is 88.7 Å². The third-order valence-electron chi connectivity index (χ3n) is 2.69.